The van der Waals surface area contributed by atoms with E-state index in [0.29, 0.717) is 29.0 Å². The maximum absolute atomic E-state index is 12.5. The predicted molar refractivity (Wildman–Crippen MR) is 102 cm³/mol. The van der Waals surface area contributed by atoms with Gasteiger partial charge >= 0.3 is 6.09 Å². The van der Waals surface area contributed by atoms with Gasteiger partial charge in [-0.2, -0.15) is 4.79 Å². The second kappa shape index (κ2) is 6.48. The Balaban J connectivity index is 2.23. The van der Waals surface area contributed by atoms with Gasteiger partial charge in [0.1, 0.15) is 10.2 Å². The molecule has 25 heavy (non-hydrogen) atoms. The molecule has 3 rings (SSSR count). The molecule has 136 valence electrons. The molecule has 2 N–H and O–H groups in total. The van der Waals surface area contributed by atoms with Crippen molar-refractivity contribution in [1.82, 2.24) is 9.97 Å². The van der Waals surface area contributed by atoms with Crippen LogP contribution in [-0.4, -0.2) is 37.7 Å². The summed E-state index contributed by atoms with van der Waals surface area (Å²) in [6.07, 6.45) is 2.63. The topological polar surface area (TPSA) is 83.0 Å². The summed E-state index contributed by atoms with van der Waals surface area (Å²) in [7, 11) is 0. The summed E-state index contributed by atoms with van der Waals surface area (Å²) in [5.41, 5.74) is -0.0848. The Kier molecular flexibility index (Phi) is 4.81. The maximum atomic E-state index is 12.5. The number of hydrogen-bond donors (Lipinski definition) is 2. The number of likely N-dealkylation sites (tertiary alicyclic amines) is 1. The fourth-order valence-corrected chi connectivity index (χ4v) is 5.42. The molecular formula is C17H23BrN3O3S+. The minimum absolute atomic E-state index is 0.104. The number of nitrogens with one attached hydrogen (secondary N) is 1. The Morgan fingerprint density at radius 3 is 2.76 bits per heavy atom. The van der Waals surface area contributed by atoms with Crippen LogP contribution in [0.3, 0.4) is 0 Å². The van der Waals surface area contributed by atoms with E-state index in [9.17, 15) is 14.7 Å². The van der Waals surface area contributed by atoms with E-state index in [2.05, 4.69) is 25.9 Å². The molecular weight excluding hydrogens is 406 g/mol. The molecule has 0 aromatic carbocycles. The van der Waals surface area contributed by atoms with Crippen LogP contribution in [0, 0.1) is 0 Å². The Morgan fingerprint density at radius 1 is 1.40 bits per heavy atom. The number of aromatic nitrogens is 2. The smallest absolute Gasteiger partial charge is 0.435 e. The van der Waals surface area contributed by atoms with Crippen LogP contribution >= 0.6 is 27.3 Å². The zero-order valence-electron chi connectivity index (χ0n) is 14.6. The predicted octanol–water partition coefficient (Wildman–Crippen LogP) is 4.66. The highest BCUT2D eigenvalue weighted by molar-refractivity contribution is 9.11. The molecule has 2 atom stereocenters. The molecule has 6 nitrogen and oxygen atoms in total. The summed E-state index contributed by atoms with van der Waals surface area (Å²) in [6, 6.07) is 1.46. The lowest BCUT2D eigenvalue weighted by Crippen LogP contribution is -2.65. The van der Waals surface area contributed by atoms with Gasteiger partial charge in [-0.15, -0.1) is 11.3 Å². The average Bonchev–Trinajstić information content (AvgIpc) is 2.74. The van der Waals surface area contributed by atoms with E-state index >= 15 is 0 Å². The molecule has 1 saturated heterocycles. The zero-order chi connectivity index (χ0) is 18.4. The summed E-state index contributed by atoms with van der Waals surface area (Å²) in [5.74, 6) is 0.488. The van der Waals surface area contributed by atoms with Gasteiger partial charge in [0.05, 0.1) is 15.8 Å². The molecule has 1 fully saturated rings. The third kappa shape index (κ3) is 3.04. The highest BCUT2D eigenvalue weighted by Gasteiger charge is 2.55. The van der Waals surface area contributed by atoms with Crippen molar-refractivity contribution >= 4 is 43.6 Å². The van der Waals surface area contributed by atoms with Crippen molar-refractivity contribution in [2.45, 2.75) is 58.0 Å². The molecule has 0 radical (unpaired) electrons. The van der Waals surface area contributed by atoms with Crippen molar-refractivity contribution in [3.63, 3.8) is 0 Å². The zero-order valence-corrected chi connectivity index (χ0v) is 17.0. The van der Waals surface area contributed by atoms with Crippen LogP contribution in [-0.2, 0) is 0 Å². The lowest BCUT2D eigenvalue weighted by molar-refractivity contribution is -0.932. The van der Waals surface area contributed by atoms with E-state index in [1.165, 1.54) is 11.3 Å². The second-order valence-electron chi connectivity index (χ2n) is 7.63. The Bertz CT molecular complexity index is 870. The molecule has 2 aromatic heterocycles. The monoisotopic (exact) mass is 428 g/mol. The van der Waals surface area contributed by atoms with Crippen LogP contribution < -0.4 is 5.56 Å². The molecule has 3 heterocycles. The standard InChI is InChI=1S/C17H22BrN3O3S/c1-17(2,3)21(16(23)24)8-6-4-5-7-11(21)14-19-10-9-12(18)25-13(10)15(22)20-14/h9,11H,4-8H2,1-3H3,(H-,19,20,22,23,24)/p+1/t11-,21?/m1/s1. The molecule has 2 aromatic rings. The van der Waals surface area contributed by atoms with E-state index in [-0.39, 0.29) is 16.1 Å². The first-order valence-corrected chi connectivity index (χ1v) is 10.1. The number of carbonyl (C=O) groups is 1. The summed E-state index contributed by atoms with van der Waals surface area (Å²) in [6.45, 7) is 6.41. The van der Waals surface area contributed by atoms with Crippen LogP contribution in [0.2, 0.25) is 0 Å². The number of thiophene rings is 1. The number of rotatable bonds is 1. The molecule has 1 amide bonds. The van der Waals surface area contributed by atoms with Gasteiger partial charge in [-0.05, 0) is 62.0 Å². The highest BCUT2D eigenvalue weighted by Crippen LogP contribution is 2.42. The first-order valence-electron chi connectivity index (χ1n) is 8.47. The normalized spacial score (nSPS) is 25.0. The third-order valence-electron chi connectivity index (χ3n) is 5.25. The number of carboxylic acid groups (broad SMARTS) is 1. The van der Waals surface area contributed by atoms with Crippen molar-refractivity contribution in [2.75, 3.05) is 6.54 Å². The number of H-pyrrole nitrogens is 1. The van der Waals surface area contributed by atoms with Crippen molar-refractivity contribution in [3.8, 4) is 0 Å². The summed E-state index contributed by atoms with van der Waals surface area (Å²) < 4.78 is 1.30. The van der Waals surface area contributed by atoms with Gasteiger partial charge in [-0.25, -0.2) is 9.47 Å². The molecule has 0 saturated carbocycles. The highest BCUT2D eigenvalue weighted by atomic mass is 79.9. The van der Waals surface area contributed by atoms with E-state index in [1.54, 1.807) is 0 Å². The van der Waals surface area contributed by atoms with Crippen LogP contribution in [0.15, 0.2) is 14.6 Å². The number of hydrogen-bond acceptors (Lipinski definition) is 4. The Hall–Kier alpha value is -1.25. The summed E-state index contributed by atoms with van der Waals surface area (Å²) >= 11 is 4.74. The van der Waals surface area contributed by atoms with Crippen LogP contribution in [0.25, 0.3) is 10.2 Å². The Morgan fingerprint density at radius 2 is 2.12 bits per heavy atom. The van der Waals surface area contributed by atoms with Crippen LogP contribution in [0.5, 0.6) is 0 Å². The van der Waals surface area contributed by atoms with Crippen molar-refractivity contribution in [2.24, 2.45) is 0 Å². The molecule has 0 aliphatic carbocycles. The van der Waals surface area contributed by atoms with Gasteiger partial charge in [0.25, 0.3) is 5.56 Å². The fourth-order valence-electron chi connectivity index (χ4n) is 4.00. The molecule has 0 bridgehead atoms. The van der Waals surface area contributed by atoms with Gasteiger partial charge in [0, 0.05) is 6.42 Å². The molecule has 1 unspecified atom stereocenters. The first kappa shape index (κ1) is 18.5. The van der Waals surface area contributed by atoms with E-state index in [4.69, 9.17) is 0 Å². The number of aromatic amines is 1. The minimum Gasteiger partial charge on any atom is -0.435 e. The number of amides is 1. The fraction of sp³-hybridized carbons (Fsp3) is 0.588. The molecule has 1 aliphatic rings. The van der Waals surface area contributed by atoms with Gasteiger partial charge < -0.3 is 10.1 Å². The van der Waals surface area contributed by atoms with Crippen LogP contribution in [0.4, 0.5) is 4.79 Å². The first-order chi connectivity index (χ1) is 11.7. The molecule has 8 heteroatoms. The maximum Gasteiger partial charge on any atom is 0.514 e. The van der Waals surface area contributed by atoms with Crippen molar-refractivity contribution in [1.29, 1.82) is 0 Å². The van der Waals surface area contributed by atoms with Gasteiger partial charge in [-0.1, -0.05) is 0 Å². The number of halogens is 1. The minimum atomic E-state index is -0.853. The average molecular weight is 429 g/mol. The van der Waals surface area contributed by atoms with Gasteiger partial charge in [0.2, 0.25) is 0 Å². The van der Waals surface area contributed by atoms with E-state index in [1.807, 2.05) is 26.8 Å². The summed E-state index contributed by atoms with van der Waals surface area (Å²) in [4.78, 5) is 32.5. The lowest BCUT2D eigenvalue weighted by atomic mass is 9.95. The van der Waals surface area contributed by atoms with Crippen molar-refractivity contribution in [3.05, 3.63) is 26.0 Å². The lowest BCUT2D eigenvalue weighted by Gasteiger charge is -2.47. The van der Waals surface area contributed by atoms with Crippen molar-refractivity contribution < 1.29 is 14.4 Å². The molecule has 0 spiro atoms. The SMILES string of the molecule is CC(C)(C)[N+]1(C(=O)O)CCCCC[C@@H]1c1nc2cc(Br)sc2c(=O)[nH]1. The third-order valence-corrected chi connectivity index (χ3v) is 6.87. The number of quaternary nitrogens is 1. The largest absolute Gasteiger partial charge is 0.514 e. The summed E-state index contributed by atoms with van der Waals surface area (Å²) in [5, 5.41) is 10.2. The molecule has 1 aliphatic heterocycles. The van der Waals surface area contributed by atoms with E-state index < -0.39 is 11.6 Å². The van der Waals surface area contributed by atoms with Gasteiger partial charge in [0.15, 0.2) is 11.9 Å². The number of fused-ring (bicyclic) bond motifs is 1. The van der Waals surface area contributed by atoms with Gasteiger partial charge in [-0.3, -0.25) is 4.79 Å². The van der Waals surface area contributed by atoms with E-state index in [0.717, 1.165) is 23.0 Å². The second-order valence-corrected chi connectivity index (χ2v) is 10.1. The van der Waals surface area contributed by atoms with Crippen LogP contribution in [0.1, 0.15) is 58.3 Å². The quantitative estimate of drug-likeness (QED) is 0.647. The Labute approximate surface area is 158 Å². The number of nitrogens with zero attached hydrogens (tertiary/aromatic N) is 2.